The van der Waals surface area contributed by atoms with Crippen molar-refractivity contribution < 1.29 is 4.74 Å². The summed E-state index contributed by atoms with van der Waals surface area (Å²) in [7, 11) is 0. The highest BCUT2D eigenvalue weighted by Gasteiger charge is 2.03. The van der Waals surface area contributed by atoms with Gasteiger partial charge in [0.2, 0.25) is 0 Å². The highest BCUT2D eigenvalue weighted by molar-refractivity contribution is 14.0. The Kier molecular flexibility index (Phi) is 17.1. The standard InChI is InChI=1S/C15H33N3O.HI/c1-6-14(7-2)12-18-15(16-8-3)17-10-9-11-19-13(4)5;/h13-14H,6-12H2,1-5H3,(H2,16,17,18);1H. The Bertz CT molecular complexity index is 231. The number of hydrogen-bond donors (Lipinski definition) is 2. The van der Waals surface area contributed by atoms with Crippen LogP contribution in [0.1, 0.15) is 53.9 Å². The summed E-state index contributed by atoms with van der Waals surface area (Å²) < 4.78 is 5.52. The Morgan fingerprint density at radius 1 is 1.10 bits per heavy atom. The van der Waals surface area contributed by atoms with E-state index in [1.54, 1.807) is 0 Å². The molecule has 5 heteroatoms. The van der Waals surface area contributed by atoms with Crippen molar-refractivity contribution >= 4 is 29.9 Å². The van der Waals surface area contributed by atoms with Gasteiger partial charge in [-0.25, -0.2) is 0 Å². The lowest BCUT2D eigenvalue weighted by molar-refractivity contribution is 0.0776. The number of aliphatic imine (C=N–C) groups is 1. The van der Waals surface area contributed by atoms with Crippen LogP contribution in [0.15, 0.2) is 4.99 Å². The molecule has 0 radical (unpaired) electrons. The normalized spacial score (nSPS) is 11.7. The van der Waals surface area contributed by atoms with E-state index >= 15 is 0 Å². The van der Waals surface area contributed by atoms with Gasteiger partial charge in [-0.15, -0.1) is 24.0 Å². The maximum atomic E-state index is 5.52. The fourth-order valence-electron chi connectivity index (χ4n) is 1.71. The first-order valence-corrected chi connectivity index (χ1v) is 7.77. The van der Waals surface area contributed by atoms with Gasteiger partial charge in [-0.2, -0.15) is 0 Å². The zero-order chi connectivity index (χ0) is 14.5. The second-order valence-electron chi connectivity index (χ2n) is 5.10. The van der Waals surface area contributed by atoms with E-state index in [4.69, 9.17) is 4.74 Å². The molecule has 0 aliphatic heterocycles. The Hall–Kier alpha value is -0.0400. The molecule has 2 N–H and O–H groups in total. The number of guanidine groups is 1. The molecule has 0 rings (SSSR count). The average molecular weight is 399 g/mol. The SMILES string of the molecule is CCNC(=NCC(CC)CC)NCCCOC(C)C.I. The van der Waals surface area contributed by atoms with Crippen molar-refractivity contribution in [1.29, 1.82) is 0 Å². The lowest BCUT2D eigenvalue weighted by Gasteiger charge is -2.14. The van der Waals surface area contributed by atoms with Crippen molar-refractivity contribution in [2.75, 3.05) is 26.2 Å². The summed E-state index contributed by atoms with van der Waals surface area (Å²) in [5.41, 5.74) is 0. The highest BCUT2D eigenvalue weighted by Crippen LogP contribution is 2.06. The molecule has 0 aromatic heterocycles. The predicted octanol–water partition coefficient (Wildman–Crippen LogP) is 3.41. The molecular weight excluding hydrogens is 365 g/mol. The van der Waals surface area contributed by atoms with Gasteiger partial charge in [0, 0.05) is 26.2 Å². The predicted molar refractivity (Wildman–Crippen MR) is 99.2 cm³/mol. The number of halogens is 1. The van der Waals surface area contributed by atoms with Gasteiger partial charge in [0.1, 0.15) is 0 Å². The second kappa shape index (κ2) is 15.4. The van der Waals surface area contributed by atoms with Crippen LogP contribution in [0.4, 0.5) is 0 Å². The molecule has 0 atom stereocenters. The Balaban J connectivity index is 0. The van der Waals surface area contributed by atoms with Crippen molar-refractivity contribution in [2.45, 2.75) is 60.0 Å². The van der Waals surface area contributed by atoms with Crippen molar-refractivity contribution in [3.8, 4) is 0 Å². The molecule has 0 saturated heterocycles. The van der Waals surface area contributed by atoms with E-state index in [2.05, 4.69) is 50.2 Å². The van der Waals surface area contributed by atoms with E-state index in [0.717, 1.165) is 38.6 Å². The number of nitrogens with zero attached hydrogens (tertiary/aromatic N) is 1. The molecule has 0 aliphatic rings. The minimum absolute atomic E-state index is 0. The van der Waals surface area contributed by atoms with Crippen molar-refractivity contribution in [1.82, 2.24) is 10.6 Å². The number of nitrogens with one attached hydrogen (secondary N) is 2. The van der Waals surface area contributed by atoms with Crippen LogP contribution in [-0.2, 0) is 4.74 Å². The van der Waals surface area contributed by atoms with E-state index < -0.39 is 0 Å². The molecule has 0 unspecified atom stereocenters. The van der Waals surface area contributed by atoms with Crippen LogP contribution in [0.5, 0.6) is 0 Å². The summed E-state index contributed by atoms with van der Waals surface area (Å²) in [5.74, 6) is 1.62. The van der Waals surface area contributed by atoms with E-state index in [1.807, 2.05) is 0 Å². The molecule has 0 fully saturated rings. The molecule has 0 aliphatic carbocycles. The van der Waals surface area contributed by atoms with Gasteiger partial charge in [0.05, 0.1) is 6.10 Å². The van der Waals surface area contributed by atoms with E-state index in [9.17, 15) is 0 Å². The average Bonchev–Trinajstić information content (AvgIpc) is 2.38. The maximum absolute atomic E-state index is 5.52. The fraction of sp³-hybridized carbons (Fsp3) is 0.933. The van der Waals surface area contributed by atoms with Gasteiger partial charge in [-0.3, -0.25) is 4.99 Å². The summed E-state index contributed by atoms with van der Waals surface area (Å²) in [6, 6.07) is 0. The quantitative estimate of drug-likeness (QED) is 0.256. The molecule has 0 amide bonds. The first-order chi connectivity index (χ1) is 9.13. The summed E-state index contributed by atoms with van der Waals surface area (Å²) in [6.07, 6.45) is 3.72. The third kappa shape index (κ3) is 13.0. The molecule has 0 aromatic carbocycles. The molecule has 0 heterocycles. The van der Waals surface area contributed by atoms with Crippen molar-refractivity contribution in [3.63, 3.8) is 0 Å². The molecule has 0 bridgehead atoms. The van der Waals surface area contributed by atoms with Crippen LogP contribution in [0.2, 0.25) is 0 Å². The third-order valence-electron chi connectivity index (χ3n) is 3.07. The first kappa shape index (κ1) is 22.2. The minimum atomic E-state index is 0. The smallest absolute Gasteiger partial charge is 0.191 e. The minimum Gasteiger partial charge on any atom is -0.379 e. The van der Waals surface area contributed by atoms with Gasteiger partial charge in [0.15, 0.2) is 5.96 Å². The van der Waals surface area contributed by atoms with Gasteiger partial charge in [-0.1, -0.05) is 26.7 Å². The Morgan fingerprint density at radius 2 is 1.75 bits per heavy atom. The summed E-state index contributed by atoms with van der Waals surface area (Å²) in [6.45, 7) is 14.2. The van der Waals surface area contributed by atoms with E-state index in [1.165, 1.54) is 12.8 Å². The Labute approximate surface area is 142 Å². The van der Waals surface area contributed by atoms with Gasteiger partial charge in [-0.05, 0) is 33.1 Å². The molecule has 0 saturated carbocycles. The van der Waals surface area contributed by atoms with Crippen LogP contribution < -0.4 is 10.6 Å². The summed E-state index contributed by atoms with van der Waals surface area (Å²) >= 11 is 0. The lowest BCUT2D eigenvalue weighted by Crippen LogP contribution is -2.38. The molecule has 4 nitrogen and oxygen atoms in total. The van der Waals surface area contributed by atoms with Crippen LogP contribution in [0.3, 0.4) is 0 Å². The van der Waals surface area contributed by atoms with E-state index in [-0.39, 0.29) is 24.0 Å². The maximum Gasteiger partial charge on any atom is 0.191 e. The van der Waals surface area contributed by atoms with Crippen LogP contribution >= 0.6 is 24.0 Å². The first-order valence-electron chi connectivity index (χ1n) is 7.77. The van der Waals surface area contributed by atoms with Gasteiger partial charge >= 0.3 is 0 Å². The second-order valence-corrected chi connectivity index (χ2v) is 5.10. The molecule has 0 aromatic rings. The van der Waals surface area contributed by atoms with Crippen LogP contribution in [0, 0.1) is 5.92 Å². The fourth-order valence-corrected chi connectivity index (χ4v) is 1.71. The van der Waals surface area contributed by atoms with Crippen LogP contribution in [-0.4, -0.2) is 38.3 Å². The van der Waals surface area contributed by atoms with E-state index in [0.29, 0.717) is 12.0 Å². The summed E-state index contributed by atoms with van der Waals surface area (Å²) in [4.78, 5) is 4.64. The van der Waals surface area contributed by atoms with Gasteiger partial charge < -0.3 is 15.4 Å². The number of hydrogen-bond acceptors (Lipinski definition) is 2. The highest BCUT2D eigenvalue weighted by atomic mass is 127. The monoisotopic (exact) mass is 399 g/mol. The van der Waals surface area contributed by atoms with Crippen LogP contribution in [0.25, 0.3) is 0 Å². The largest absolute Gasteiger partial charge is 0.379 e. The molecule has 20 heavy (non-hydrogen) atoms. The molecule has 0 spiro atoms. The lowest BCUT2D eigenvalue weighted by atomic mass is 10.0. The topological polar surface area (TPSA) is 45.7 Å². The van der Waals surface area contributed by atoms with Gasteiger partial charge in [0.25, 0.3) is 0 Å². The van der Waals surface area contributed by atoms with Crippen molar-refractivity contribution in [2.24, 2.45) is 10.9 Å². The number of rotatable bonds is 10. The third-order valence-corrected chi connectivity index (χ3v) is 3.07. The summed E-state index contributed by atoms with van der Waals surface area (Å²) in [5, 5.41) is 6.64. The Morgan fingerprint density at radius 3 is 2.25 bits per heavy atom. The zero-order valence-corrected chi connectivity index (χ0v) is 16.2. The molecular formula is C15H34IN3O. The zero-order valence-electron chi connectivity index (χ0n) is 13.9. The number of ether oxygens (including phenoxy) is 1. The molecule has 122 valence electrons. The van der Waals surface area contributed by atoms with Crippen molar-refractivity contribution in [3.05, 3.63) is 0 Å².